The molecule has 0 spiro atoms. The molecular formula is C15H20BBrFNO2. The monoisotopic (exact) mass is 355 g/mol. The minimum Gasteiger partial charge on any atom is -0.400 e. The van der Waals surface area contributed by atoms with Crippen LogP contribution in [0.4, 0.5) is 4.39 Å². The number of nitrogens with two attached hydrogens (primary N) is 1. The quantitative estimate of drug-likeness (QED) is 0.843. The maximum atomic E-state index is 13.9. The van der Waals surface area contributed by atoms with Crippen LogP contribution in [-0.4, -0.2) is 24.9 Å². The molecule has 0 aliphatic carbocycles. The van der Waals surface area contributed by atoms with E-state index < -0.39 is 18.3 Å². The summed E-state index contributed by atoms with van der Waals surface area (Å²) in [5, 5.41) is 0. The van der Waals surface area contributed by atoms with Crippen molar-refractivity contribution in [1.82, 2.24) is 0 Å². The van der Waals surface area contributed by atoms with Crippen LogP contribution in [0.15, 0.2) is 28.1 Å². The summed E-state index contributed by atoms with van der Waals surface area (Å²) >= 11 is 3.35. The van der Waals surface area contributed by atoms with E-state index in [4.69, 9.17) is 15.0 Å². The average Bonchev–Trinajstić information content (AvgIpc) is 2.58. The van der Waals surface area contributed by atoms with Gasteiger partial charge in [0, 0.05) is 16.6 Å². The lowest BCUT2D eigenvalue weighted by atomic mass is 9.77. The van der Waals surface area contributed by atoms with Gasteiger partial charge in [-0.3, -0.25) is 0 Å². The largest absolute Gasteiger partial charge is 0.491 e. The van der Waals surface area contributed by atoms with Crippen molar-refractivity contribution in [3.63, 3.8) is 0 Å². The summed E-state index contributed by atoms with van der Waals surface area (Å²) in [7, 11) is -0.563. The topological polar surface area (TPSA) is 44.5 Å². The molecule has 3 nitrogen and oxygen atoms in total. The van der Waals surface area contributed by atoms with E-state index in [0.29, 0.717) is 15.5 Å². The Morgan fingerprint density at radius 2 is 1.86 bits per heavy atom. The van der Waals surface area contributed by atoms with Crippen molar-refractivity contribution in [2.24, 2.45) is 5.73 Å². The minimum atomic E-state index is -0.563. The Morgan fingerprint density at radius 1 is 1.29 bits per heavy atom. The number of halogens is 2. The summed E-state index contributed by atoms with van der Waals surface area (Å²) in [5.41, 5.74) is 6.08. The third kappa shape index (κ3) is 3.23. The summed E-state index contributed by atoms with van der Waals surface area (Å²) in [5.74, 6) is -0.313. The summed E-state index contributed by atoms with van der Waals surface area (Å²) < 4.78 is 26.5. The smallest absolute Gasteiger partial charge is 0.400 e. The summed E-state index contributed by atoms with van der Waals surface area (Å²) in [6.45, 7) is 8.12. The molecule has 1 saturated heterocycles. The zero-order chi connectivity index (χ0) is 15.8. The highest BCUT2D eigenvalue weighted by Crippen LogP contribution is 2.39. The Bertz CT molecular complexity index is 539. The van der Waals surface area contributed by atoms with E-state index in [2.05, 4.69) is 15.9 Å². The van der Waals surface area contributed by atoms with Gasteiger partial charge < -0.3 is 15.0 Å². The van der Waals surface area contributed by atoms with Gasteiger partial charge in [-0.05, 0) is 45.3 Å². The molecule has 0 saturated carbocycles. The van der Waals surface area contributed by atoms with Crippen molar-refractivity contribution in [2.75, 3.05) is 6.54 Å². The molecular weight excluding hydrogens is 336 g/mol. The summed E-state index contributed by atoms with van der Waals surface area (Å²) in [6, 6.07) is 4.84. The first-order valence-electron chi connectivity index (χ1n) is 6.88. The molecule has 0 atom stereocenters. The lowest BCUT2D eigenvalue weighted by Gasteiger charge is -2.32. The van der Waals surface area contributed by atoms with Crippen LogP contribution in [0.25, 0.3) is 6.08 Å². The van der Waals surface area contributed by atoms with Crippen molar-refractivity contribution in [3.05, 3.63) is 39.5 Å². The van der Waals surface area contributed by atoms with Crippen molar-refractivity contribution in [2.45, 2.75) is 38.9 Å². The molecule has 1 aromatic rings. The highest BCUT2D eigenvalue weighted by atomic mass is 79.9. The summed E-state index contributed by atoms with van der Waals surface area (Å²) in [4.78, 5) is 0. The van der Waals surface area contributed by atoms with Crippen molar-refractivity contribution in [3.8, 4) is 0 Å². The fourth-order valence-corrected chi connectivity index (χ4v) is 2.51. The molecule has 21 heavy (non-hydrogen) atoms. The van der Waals surface area contributed by atoms with Gasteiger partial charge in [-0.1, -0.05) is 28.1 Å². The molecule has 1 heterocycles. The number of rotatable bonds is 3. The summed E-state index contributed by atoms with van der Waals surface area (Å²) in [6.07, 6.45) is 1.70. The first-order chi connectivity index (χ1) is 9.68. The molecule has 2 rings (SSSR count). The molecule has 0 amide bonds. The number of hydrogen-bond donors (Lipinski definition) is 1. The van der Waals surface area contributed by atoms with Crippen LogP contribution in [0.3, 0.4) is 0 Å². The zero-order valence-corrected chi connectivity index (χ0v) is 14.3. The van der Waals surface area contributed by atoms with Gasteiger partial charge in [-0.15, -0.1) is 0 Å². The van der Waals surface area contributed by atoms with Crippen molar-refractivity contribution >= 4 is 29.1 Å². The second-order valence-corrected chi connectivity index (χ2v) is 7.00. The standard InChI is InChI=1S/C15H20BBrFNO2/c1-14(2)15(3,4)21-16(20-14)10(9-19)8-11-12(17)6-5-7-13(11)18/h5-8H,9,19H2,1-4H3. The molecule has 1 aliphatic heterocycles. The molecule has 1 aliphatic rings. The van der Waals surface area contributed by atoms with Gasteiger partial charge in [0.15, 0.2) is 0 Å². The second kappa shape index (κ2) is 5.84. The molecule has 2 N–H and O–H groups in total. The Balaban J connectivity index is 2.36. The molecule has 0 radical (unpaired) electrons. The maximum absolute atomic E-state index is 13.9. The average molecular weight is 356 g/mol. The zero-order valence-electron chi connectivity index (χ0n) is 12.7. The van der Waals surface area contributed by atoms with E-state index in [1.54, 1.807) is 18.2 Å². The lowest BCUT2D eigenvalue weighted by Crippen LogP contribution is -2.41. The van der Waals surface area contributed by atoms with E-state index in [0.717, 1.165) is 0 Å². The van der Waals surface area contributed by atoms with Crippen molar-refractivity contribution in [1.29, 1.82) is 0 Å². The molecule has 1 aromatic carbocycles. The van der Waals surface area contributed by atoms with Gasteiger partial charge in [0.1, 0.15) is 5.82 Å². The Hall–Kier alpha value is -0.685. The van der Waals surface area contributed by atoms with Crippen LogP contribution >= 0.6 is 15.9 Å². The fraction of sp³-hybridized carbons (Fsp3) is 0.467. The number of benzene rings is 1. The van der Waals surface area contributed by atoms with Crippen LogP contribution in [0.5, 0.6) is 0 Å². The van der Waals surface area contributed by atoms with Crippen LogP contribution in [0, 0.1) is 5.82 Å². The van der Waals surface area contributed by atoms with Gasteiger partial charge in [0.25, 0.3) is 0 Å². The first kappa shape index (κ1) is 16.7. The van der Waals surface area contributed by atoms with Gasteiger partial charge in [0.2, 0.25) is 0 Å². The molecule has 0 aromatic heterocycles. The van der Waals surface area contributed by atoms with E-state index >= 15 is 0 Å². The fourth-order valence-electron chi connectivity index (χ4n) is 2.05. The van der Waals surface area contributed by atoms with E-state index in [1.165, 1.54) is 6.07 Å². The molecule has 0 bridgehead atoms. The molecule has 114 valence electrons. The number of hydrogen-bond acceptors (Lipinski definition) is 3. The second-order valence-electron chi connectivity index (χ2n) is 6.15. The van der Waals surface area contributed by atoms with Gasteiger partial charge in [-0.2, -0.15) is 0 Å². The Labute approximate surface area is 134 Å². The highest BCUT2D eigenvalue weighted by Gasteiger charge is 2.52. The van der Waals surface area contributed by atoms with Crippen molar-refractivity contribution < 1.29 is 13.7 Å². The lowest BCUT2D eigenvalue weighted by molar-refractivity contribution is 0.00578. The van der Waals surface area contributed by atoms with Crippen LogP contribution < -0.4 is 5.73 Å². The predicted octanol–water partition coefficient (Wildman–Crippen LogP) is 3.56. The normalized spacial score (nSPS) is 20.9. The van der Waals surface area contributed by atoms with E-state index in [-0.39, 0.29) is 12.4 Å². The maximum Gasteiger partial charge on any atom is 0.491 e. The Morgan fingerprint density at radius 3 is 2.33 bits per heavy atom. The van der Waals surface area contributed by atoms with E-state index in [9.17, 15) is 4.39 Å². The predicted molar refractivity (Wildman–Crippen MR) is 87.2 cm³/mol. The first-order valence-corrected chi connectivity index (χ1v) is 7.67. The molecule has 6 heteroatoms. The molecule has 1 fully saturated rings. The van der Waals surface area contributed by atoms with Crippen LogP contribution in [-0.2, 0) is 9.31 Å². The molecule has 0 unspecified atom stereocenters. The Kier molecular flexibility index (Phi) is 4.64. The van der Waals surface area contributed by atoms with Gasteiger partial charge >= 0.3 is 7.12 Å². The third-order valence-corrected chi connectivity index (χ3v) is 4.81. The van der Waals surface area contributed by atoms with Gasteiger partial charge in [-0.25, -0.2) is 4.39 Å². The van der Waals surface area contributed by atoms with Gasteiger partial charge in [0.05, 0.1) is 11.2 Å². The SMILES string of the molecule is CC1(C)OB(C(=Cc2c(F)cccc2Br)CN)OC1(C)C. The van der Waals surface area contributed by atoms with Crippen LogP contribution in [0.2, 0.25) is 0 Å². The highest BCUT2D eigenvalue weighted by molar-refractivity contribution is 9.10. The van der Waals surface area contributed by atoms with E-state index in [1.807, 2.05) is 27.7 Å². The minimum absolute atomic E-state index is 0.234. The van der Waals surface area contributed by atoms with Crippen LogP contribution in [0.1, 0.15) is 33.3 Å². The third-order valence-electron chi connectivity index (χ3n) is 4.12.